The number of rotatable bonds is 4. The third kappa shape index (κ3) is 5.46. The molecule has 23 heavy (non-hydrogen) atoms. The number of aromatic nitrogens is 1. The van der Waals surface area contributed by atoms with Crippen molar-refractivity contribution < 1.29 is 9.90 Å². The highest BCUT2D eigenvalue weighted by Crippen LogP contribution is 2.28. The molecule has 0 atom stereocenters. The SMILES string of the molecule is CN(C(=O)Nc1nc(CC(C)(C)C)cs1)C1CCC(CO)CC1. The van der Waals surface area contributed by atoms with E-state index in [2.05, 4.69) is 31.1 Å². The van der Waals surface area contributed by atoms with Crippen LogP contribution in [0.2, 0.25) is 0 Å². The molecule has 1 saturated carbocycles. The first-order valence-electron chi connectivity index (χ1n) is 8.37. The molecule has 2 amide bonds. The lowest BCUT2D eigenvalue weighted by atomic mass is 9.86. The molecule has 0 aliphatic heterocycles. The van der Waals surface area contributed by atoms with Gasteiger partial charge in [-0.3, -0.25) is 5.32 Å². The van der Waals surface area contributed by atoms with Crippen LogP contribution in [0.1, 0.15) is 52.1 Å². The Kier molecular flexibility index (Phi) is 6.03. The number of amides is 2. The van der Waals surface area contributed by atoms with Crippen molar-refractivity contribution in [2.45, 2.75) is 58.9 Å². The molecule has 1 aliphatic rings. The predicted molar refractivity (Wildman–Crippen MR) is 94.9 cm³/mol. The van der Waals surface area contributed by atoms with E-state index in [4.69, 9.17) is 0 Å². The van der Waals surface area contributed by atoms with E-state index < -0.39 is 0 Å². The van der Waals surface area contributed by atoms with Crippen molar-refractivity contribution in [3.63, 3.8) is 0 Å². The fourth-order valence-corrected chi connectivity index (χ4v) is 3.75. The Morgan fingerprint density at radius 2 is 2.04 bits per heavy atom. The first kappa shape index (κ1) is 18.2. The maximum Gasteiger partial charge on any atom is 0.323 e. The summed E-state index contributed by atoms with van der Waals surface area (Å²) >= 11 is 1.48. The molecule has 1 fully saturated rings. The second-order valence-corrected chi connectivity index (χ2v) is 8.64. The predicted octanol–water partition coefficient (Wildman–Crippen LogP) is 3.75. The van der Waals surface area contributed by atoms with Gasteiger partial charge in [-0.15, -0.1) is 11.3 Å². The number of hydrogen-bond acceptors (Lipinski definition) is 4. The average Bonchev–Trinajstić information content (AvgIpc) is 2.91. The van der Waals surface area contributed by atoms with Gasteiger partial charge in [-0.05, 0) is 43.4 Å². The molecule has 130 valence electrons. The van der Waals surface area contributed by atoms with Gasteiger partial charge in [-0.2, -0.15) is 0 Å². The standard InChI is InChI=1S/C17H29N3O2S/c1-17(2,3)9-13-11-23-15(18-13)19-16(22)20(4)14-7-5-12(10-21)6-8-14/h11-12,14,21H,5-10H2,1-4H3,(H,18,19,22). The summed E-state index contributed by atoms with van der Waals surface area (Å²) in [5, 5.41) is 14.8. The van der Waals surface area contributed by atoms with Crippen molar-refractivity contribution in [2.24, 2.45) is 11.3 Å². The lowest BCUT2D eigenvalue weighted by Crippen LogP contribution is -2.42. The number of urea groups is 1. The van der Waals surface area contributed by atoms with Crippen molar-refractivity contribution >= 4 is 22.5 Å². The first-order valence-corrected chi connectivity index (χ1v) is 9.25. The number of nitrogens with zero attached hydrogens (tertiary/aromatic N) is 2. The van der Waals surface area contributed by atoms with E-state index in [1.807, 2.05) is 12.4 Å². The van der Waals surface area contributed by atoms with Crippen LogP contribution >= 0.6 is 11.3 Å². The van der Waals surface area contributed by atoms with Crippen LogP contribution in [0.4, 0.5) is 9.93 Å². The summed E-state index contributed by atoms with van der Waals surface area (Å²) in [5.74, 6) is 0.404. The van der Waals surface area contributed by atoms with Crippen molar-refractivity contribution in [1.82, 2.24) is 9.88 Å². The normalized spacial score (nSPS) is 22.0. The molecule has 0 unspecified atom stereocenters. The minimum atomic E-state index is -0.0888. The Balaban J connectivity index is 1.86. The summed E-state index contributed by atoms with van der Waals surface area (Å²) in [6, 6.07) is 0.168. The Bertz CT molecular complexity index is 516. The third-order valence-electron chi connectivity index (χ3n) is 4.42. The van der Waals surface area contributed by atoms with Gasteiger partial charge < -0.3 is 10.0 Å². The van der Waals surface area contributed by atoms with E-state index in [0.29, 0.717) is 11.0 Å². The summed E-state index contributed by atoms with van der Waals surface area (Å²) in [6.07, 6.45) is 4.81. The van der Waals surface area contributed by atoms with Gasteiger partial charge >= 0.3 is 6.03 Å². The molecule has 6 heteroatoms. The summed E-state index contributed by atoms with van der Waals surface area (Å²) in [4.78, 5) is 18.7. The van der Waals surface area contributed by atoms with Crippen LogP contribution in [0.15, 0.2) is 5.38 Å². The molecular formula is C17H29N3O2S. The maximum absolute atomic E-state index is 12.4. The fraction of sp³-hybridized carbons (Fsp3) is 0.765. The number of nitrogens with one attached hydrogen (secondary N) is 1. The van der Waals surface area contributed by atoms with Crippen molar-refractivity contribution in [2.75, 3.05) is 19.0 Å². The highest BCUT2D eigenvalue weighted by atomic mass is 32.1. The monoisotopic (exact) mass is 339 g/mol. The molecule has 1 aromatic heterocycles. The van der Waals surface area contributed by atoms with Gasteiger partial charge in [0.1, 0.15) is 0 Å². The zero-order chi connectivity index (χ0) is 17.0. The van der Waals surface area contributed by atoms with Gasteiger partial charge in [-0.1, -0.05) is 20.8 Å². The smallest absolute Gasteiger partial charge is 0.323 e. The number of hydrogen-bond donors (Lipinski definition) is 2. The molecular weight excluding hydrogens is 310 g/mol. The number of carbonyl (C=O) groups is 1. The zero-order valence-electron chi connectivity index (χ0n) is 14.6. The molecule has 0 aromatic carbocycles. The molecule has 1 aromatic rings. The van der Waals surface area contributed by atoms with E-state index >= 15 is 0 Å². The van der Waals surface area contributed by atoms with E-state index in [1.165, 1.54) is 11.3 Å². The molecule has 2 rings (SSSR count). The van der Waals surface area contributed by atoms with Gasteiger partial charge in [-0.25, -0.2) is 9.78 Å². The number of aliphatic hydroxyl groups is 1. The quantitative estimate of drug-likeness (QED) is 0.878. The van der Waals surface area contributed by atoms with Gasteiger partial charge in [0.15, 0.2) is 5.13 Å². The summed E-state index contributed by atoms with van der Waals surface area (Å²) in [5.41, 5.74) is 1.22. The van der Waals surface area contributed by atoms with Crippen LogP contribution in [0.5, 0.6) is 0 Å². The molecule has 1 heterocycles. The topological polar surface area (TPSA) is 65.5 Å². The van der Waals surface area contributed by atoms with Gasteiger partial charge in [0.05, 0.1) is 5.69 Å². The molecule has 2 N–H and O–H groups in total. The van der Waals surface area contributed by atoms with E-state index in [9.17, 15) is 9.90 Å². The highest BCUT2D eigenvalue weighted by molar-refractivity contribution is 7.13. The highest BCUT2D eigenvalue weighted by Gasteiger charge is 2.26. The minimum Gasteiger partial charge on any atom is -0.396 e. The summed E-state index contributed by atoms with van der Waals surface area (Å²) in [7, 11) is 1.85. The van der Waals surface area contributed by atoms with Crippen LogP contribution < -0.4 is 5.32 Å². The van der Waals surface area contributed by atoms with E-state index in [-0.39, 0.29) is 24.1 Å². The second-order valence-electron chi connectivity index (χ2n) is 7.78. The third-order valence-corrected chi connectivity index (χ3v) is 5.23. The number of carbonyl (C=O) groups excluding carboxylic acids is 1. The Morgan fingerprint density at radius 3 is 2.61 bits per heavy atom. The minimum absolute atomic E-state index is 0.0888. The number of thiazole rings is 1. The van der Waals surface area contributed by atoms with Gasteiger partial charge in [0.25, 0.3) is 0 Å². The summed E-state index contributed by atoms with van der Waals surface area (Å²) in [6.45, 7) is 6.81. The summed E-state index contributed by atoms with van der Waals surface area (Å²) < 4.78 is 0. The fourth-order valence-electron chi connectivity index (χ4n) is 3.05. The molecule has 1 aliphatic carbocycles. The van der Waals surface area contributed by atoms with Crippen LogP contribution in [0.25, 0.3) is 0 Å². The van der Waals surface area contributed by atoms with Crippen molar-refractivity contribution in [3.05, 3.63) is 11.1 Å². The second kappa shape index (κ2) is 7.62. The lowest BCUT2D eigenvalue weighted by Gasteiger charge is -2.33. The van der Waals surface area contributed by atoms with Crippen molar-refractivity contribution in [1.29, 1.82) is 0 Å². The van der Waals surface area contributed by atoms with Crippen LogP contribution in [-0.2, 0) is 6.42 Å². The molecule has 0 bridgehead atoms. The zero-order valence-corrected chi connectivity index (χ0v) is 15.4. The Morgan fingerprint density at radius 1 is 1.39 bits per heavy atom. The number of anilines is 1. The van der Waals surface area contributed by atoms with E-state index in [1.54, 1.807) is 4.90 Å². The van der Waals surface area contributed by atoms with E-state index in [0.717, 1.165) is 37.8 Å². The van der Waals surface area contributed by atoms with Crippen molar-refractivity contribution in [3.8, 4) is 0 Å². The van der Waals surface area contributed by atoms with Crippen LogP contribution in [0.3, 0.4) is 0 Å². The molecule has 5 nitrogen and oxygen atoms in total. The van der Waals surface area contributed by atoms with Gasteiger partial charge in [0, 0.05) is 25.1 Å². The van der Waals surface area contributed by atoms with Crippen LogP contribution in [-0.4, -0.2) is 40.7 Å². The lowest BCUT2D eigenvalue weighted by molar-refractivity contribution is 0.139. The van der Waals surface area contributed by atoms with Crippen LogP contribution in [0, 0.1) is 11.3 Å². The molecule has 0 spiro atoms. The van der Waals surface area contributed by atoms with Gasteiger partial charge in [0.2, 0.25) is 0 Å². The molecule has 0 saturated heterocycles. The number of aliphatic hydroxyl groups excluding tert-OH is 1. The molecule has 0 radical (unpaired) electrons. The Labute approximate surface area is 143 Å². The Hall–Kier alpha value is -1.14. The first-order chi connectivity index (χ1) is 10.8. The largest absolute Gasteiger partial charge is 0.396 e. The average molecular weight is 340 g/mol. The maximum atomic E-state index is 12.4.